The van der Waals surface area contributed by atoms with E-state index in [-0.39, 0.29) is 5.91 Å². The van der Waals surface area contributed by atoms with E-state index < -0.39 is 0 Å². The molecule has 5 heteroatoms. The summed E-state index contributed by atoms with van der Waals surface area (Å²) >= 11 is 5.99. The van der Waals surface area contributed by atoms with Crippen LogP contribution in [0, 0.1) is 0 Å². The van der Waals surface area contributed by atoms with E-state index in [0.717, 1.165) is 23.2 Å². The second kappa shape index (κ2) is 7.62. The van der Waals surface area contributed by atoms with Gasteiger partial charge in [0, 0.05) is 16.2 Å². The molecule has 1 N–H and O–H groups in total. The van der Waals surface area contributed by atoms with Crippen LogP contribution in [0.3, 0.4) is 0 Å². The van der Waals surface area contributed by atoms with Crippen LogP contribution < -0.4 is 14.8 Å². The summed E-state index contributed by atoms with van der Waals surface area (Å²) in [6, 6.07) is 11.1. The molecule has 3 rings (SSSR count). The average Bonchev–Trinajstić information content (AvgIpc) is 2.89. The lowest BCUT2D eigenvalue weighted by atomic mass is 10.0. The molecule has 0 aliphatic carbocycles. The third kappa shape index (κ3) is 3.80. The Morgan fingerprint density at radius 3 is 2.68 bits per heavy atom. The summed E-state index contributed by atoms with van der Waals surface area (Å²) in [5.41, 5.74) is 3.06. The van der Waals surface area contributed by atoms with Gasteiger partial charge in [-0.05, 0) is 49.2 Å². The highest BCUT2D eigenvalue weighted by Crippen LogP contribution is 2.36. The van der Waals surface area contributed by atoms with E-state index in [1.165, 1.54) is 0 Å². The van der Waals surface area contributed by atoms with Gasteiger partial charge in [0.15, 0.2) is 11.5 Å². The third-order valence-corrected chi connectivity index (χ3v) is 4.04. The minimum atomic E-state index is -0.137. The van der Waals surface area contributed by atoms with Gasteiger partial charge in [-0.2, -0.15) is 0 Å². The highest BCUT2D eigenvalue weighted by molar-refractivity contribution is 6.36. The van der Waals surface area contributed by atoms with Crippen molar-refractivity contribution in [2.24, 2.45) is 0 Å². The molecule has 0 unspecified atom stereocenters. The maximum absolute atomic E-state index is 12.3. The number of amides is 1. The third-order valence-electron chi connectivity index (χ3n) is 3.80. The smallest absolute Gasteiger partial charge is 0.256 e. The lowest BCUT2D eigenvalue weighted by Gasteiger charge is -2.12. The molecule has 1 amide bonds. The monoisotopic (exact) mass is 357 g/mol. The summed E-state index contributed by atoms with van der Waals surface area (Å²) in [6.45, 7) is 5.17. The molecular weight excluding hydrogens is 338 g/mol. The zero-order valence-corrected chi connectivity index (χ0v) is 15.0. The van der Waals surface area contributed by atoms with E-state index in [4.69, 9.17) is 21.1 Å². The number of hydrogen-bond acceptors (Lipinski definition) is 3. The minimum Gasteiger partial charge on any atom is -0.490 e. The van der Waals surface area contributed by atoms with E-state index in [1.54, 1.807) is 12.1 Å². The van der Waals surface area contributed by atoms with Crippen molar-refractivity contribution in [3.05, 3.63) is 52.5 Å². The maximum Gasteiger partial charge on any atom is 0.256 e. The molecule has 1 aliphatic rings. The fourth-order valence-corrected chi connectivity index (χ4v) is 2.86. The lowest BCUT2D eigenvalue weighted by Crippen LogP contribution is -2.03. The second-order valence-corrected chi connectivity index (χ2v) is 6.13. The molecule has 1 aliphatic heterocycles. The standard InChI is InChI=1S/C20H20ClNO3/c1-3-9-25-18-8-5-13(11-19(18)24-4-2)10-16-15-7-6-14(21)12-17(15)22-20(16)23/h5-8,10-12H,3-4,9H2,1-2H3,(H,22,23). The number of carbonyl (C=O) groups is 1. The Labute approximate surface area is 152 Å². The van der Waals surface area contributed by atoms with Crippen LogP contribution in [-0.4, -0.2) is 19.1 Å². The predicted octanol–water partition coefficient (Wildman–Crippen LogP) is 5.02. The molecule has 0 bridgehead atoms. The summed E-state index contributed by atoms with van der Waals surface area (Å²) in [6.07, 6.45) is 2.78. The highest BCUT2D eigenvalue weighted by atomic mass is 35.5. The van der Waals surface area contributed by atoms with Gasteiger partial charge in [-0.25, -0.2) is 0 Å². The van der Waals surface area contributed by atoms with Gasteiger partial charge < -0.3 is 14.8 Å². The molecule has 2 aromatic rings. The first kappa shape index (κ1) is 17.4. The van der Waals surface area contributed by atoms with Crippen molar-refractivity contribution >= 4 is 34.8 Å². The van der Waals surface area contributed by atoms with Crippen molar-refractivity contribution in [3.63, 3.8) is 0 Å². The molecule has 130 valence electrons. The van der Waals surface area contributed by atoms with Crippen molar-refractivity contribution in [3.8, 4) is 11.5 Å². The maximum atomic E-state index is 12.3. The van der Waals surface area contributed by atoms with Crippen LogP contribution in [0.2, 0.25) is 5.02 Å². The molecule has 4 nitrogen and oxygen atoms in total. The normalized spacial score (nSPS) is 14.4. The molecule has 25 heavy (non-hydrogen) atoms. The first-order valence-electron chi connectivity index (χ1n) is 8.35. The van der Waals surface area contributed by atoms with Crippen LogP contribution >= 0.6 is 11.6 Å². The Kier molecular flexibility index (Phi) is 5.29. The van der Waals surface area contributed by atoms with Gasteiger partial charge in [-0.3, -0.25) is 4.79 Å². The molecule has 0 atom stereocenters. The van der Waals surface area contributed by atoms with E-state index in [0.29, 0.717) is 35.3 Å². The highest BCUT2D eigenvalue weighted by Gasteiger charge is 2.24. The minimum absolute atomic E-state index is 0.137. The first-order chi connectivity index (χ1) is 12.1. The van der Waals surface area contributed by atoms with Gasteiger partial charge in [0.2, 0.25) is 0 Å². The van der Waals surface area contributed by atoms with Gasteiger partial charge in [0.1, 0.15) is 0 Å². The topological polar surface area (TPSA) is 47.6 Å². The summed E-state index contributed by atoms with van der Waals surface area (Å²) in [5, 5.41) is 3.43. The predicted molar refractivity (Wildman–Crippen MR) is 101 cm³/mol. The molecular formula is C20H20ClNO3. The van der Waals surface area contributed by atoms with Crippen molar-refractivity contribution < 1.29 is 14.3 Å². The summed E-state index contributed by atoms with van der Waals surface area (Å²) in [4.78, 5) is 12.3. The molecule has 0 radical (unpaired) electrons. The van der Waals surface area contributed by atoms with Gasteiger partial charge in [0.25, 0.3) is 5.91 Å². The van der Waals surface area contributed by atoms with Crippen molar-refractivity contribution in [1.82, 2.24) is 0 Å². The number of halogens is 1. The SMILES string of the molecule is CCCOc1ccc(C=C2C(=O)Nc3cc(Cl)ccc32)cc1OCC. The Hall–Kier alpha value is -2.46. The molecule has 0 fully saturated rings. The number of fused-ring (bicyclic) bond motifs is 1. The molecule has 0 aromatic heterocycles. The van der Waals surface area contributed by atoms with Crippen LogP contribution in [0.5, 0.6) is 11.5 Å². The Morgan fingerprint density at radius 2 is 1.92 bits per heavy atom. The van der Waals surface area contributed by atoms with Crippen molar-refractivity contribution in [2.45, 2.75) is 20.3 Å². The fourth-order valence-electron chi connectivity index (χ4n) is 2.69. The Morgan fingerprint density at radius 1 is 1.08 bits per heavy atom. The van der Waals surface area contributed by atoms with Crippen molar-refractivity contribution in [2.75, 3.05) is 18.5 Å². The summed E-state index contributed by atoms with van der Waals surface area (Å²) in [5.74, 6) is 1.26. The van der Waals surface area contributed by atoms with Crippen LogP contribution in [0.1, 0.15) is 31.4 Å². The Balaban J connectivity index is 1.96. The fraction of sp³-hybridized carbons (Fsp3) is 0.250. The number of nitrogens with one attached hydrogen (secondary N) is 1. The average molecular weight is 358 g/mol. The van der Waals surface area contributed by atoms with Crippen molar-refractivity contribution in [1.29, 1.82) is 0 Å². The zero-order chi connectivity index (χ0) is 17.8. The van der Waals surface area contributed by atoms with Gasteiger partial charge in [-0.1, -0.05) is 30.7 Å². The zero-order valence-electron chi connectivity index (χ0n) is 14.3. The van der Waals surface area contributed by atoms with Crippen LogP contribution in [-0.2, 0) is 4.79 Å². The van der Waals surface area contributed by atoms with E-state index in [9.17, 15) is 4.79 Å². The largest absolute Gasteiger partial charge is 0.490 e. The number of carbonyl (C=O) groups excluding carboxylic acids is 1. The molecule has 0 saturated heterocycles. The number of hydrogen-bond donors (Lipinski definition) is 1. The second-order valence-electron chi connectivity index (χ2n) is 5.69. The van der Waals surface area contributed by atoms with E-state index >= 15 is 0 Å². The Bertz CT molecular complexity index is 830. The van der Waals surface area contributed by atoms with Crippen LogP contribution in [0.15, 0.2) is 36.4 Å². The number of ether oxygens (including phenoxy) is 2. The summed E-state index contributed by atoms with van der Waals surface area (Å²) in [7, 11) is 0. The molecule has 0 spiro atoms. The van der Waals surface area contributed by atoms with E-state index in [2.05, 4.69) is 12.2 Å². The lowest BCUT2D eigenvalue weighted by molar-refractivity contribution is -0.110. The molecule has 0 saturated carbocycles. The molecule has 2 aromatic carbocycles. The first-order valence-corrected chi connectivity index (χ1v) is 8.72. The van der Waals surface area contributed by atoms with Gasteiger partial charge in [-0.15, -0.1) is 0 Å². The number of anilines is 1. The van der Waals surface area contributed by atoms with Gasteiger partial charge >= 0.3 is 0 Å². The quantitative estimate of drug-likeness (QED) is 0.738. The molecule has 1 heterocycles. The van der Waals surface area contributed by atoms with E-state index in [1.807, 2.05) is 37.3 Å². The number of rotatable bonds is 6. The number of benzene rings is 2. The van der Waals surface area contributed by atoms with Gasteiger partial charge in [0.05, 0.1) is 18.9 Å². The van der Waals surface area contributed by atoms with Crippen LogP contribution in [0.25, 0.3) is 11.6 Å². The summed E-state index contributed by atoms with van der Waals surface area (Å²) < 4.78 is 11.4. The van der Waals surface area contributed by atoms with Crippen LogP contribution in [0.4, 0.5) is 5.69 Å².